The van der Waals surface area contributed by atoms with Crippen molar-refractivity contribution in [2.24, 2.45) is 7.05 Å². The Morgan fingerprint density at radius 2 is 2.04 bits per heavy atom. The molecule has 0 atom stereocenters. The van der Waals surface area contributed by atoms with Crippen LogP contribution in [0.2, 0.25) is 0 Å². The summed E-state index contributed by atoms with van der Waals surface area (Å²) in [5.41, 5.74) is 2.22. The molecule has 5 nitrogen and oxygen atoms in total. The monoisotopic (exact) mass is 326 g/mol. The summed E-state index contributed by atoms with van der Waals surface area (Å²) in [4.78, 5) is 19.4. The van der Waals surface area contributed by atoms with E-state index in [1.54, 1.807) is 4.68 Å². The molecule has 2 aromatic rings. The number of carbonyl (C=O) groups is 1. The van der Waals surface area contributed by atoms with Gasteiger partial charge in [-0.05, 0) is 43.4 Å². The van der Waals surface area contributed by atoms with Crippen LogP contribution in [0.15, 0.2) is 30.7 Å². The molecule has 2 aromatic heterocycles. The van der Waals surface area contributed by atoms with Crippen molar-refractivity contribution in [3.63, 3.8) is 0 Å². The second-order valence-electron chi connectivity index (χ2n) is 6.77. The van der Waals surface area contributed by atoms with Crippen molar-refractivity contribution in [3.05, 3.63) is 41.9 Å². The molecule has 1 aliphatic rings. The second-order valence-corrected chi connectivity index (χ2v) is 6.77. The molecular weight excluding hydrogens is 300 g/mol. The number of pyridine rings is 1. The van der Waals surface area contributed by atoms with Gasteiger partial charge in [-0.15, -0.1) is 0 Å². The fourth-order valence-corrected chi connectivity index (χ4v) is 3.43. The predicted octanol–water partition coefficient (Wildman–Crippen LogP) is 3.42. The lowest BCUT2D eigenvalue weighted by atomic mass is 9.93. The van der Waals surface area contributed by atoms with E-state index in [4.69, 9.17) is 0 Å². The largest absolute Gasteiger partial charge is 0.294 e. The number of nitrogens with zero attached hydrogens (tertiary/aromatic N) is 4. The molecular formula is C19H26N4O. The minimum atomic E-state index is 0.169. The minimum absolute atomic E-state index is 0.169. The second kappa shape index (κ2) is 7.60. The van der Waals surface area contributed by atoms with Crippen LogP contribution in [0.1, 0.15) is 49.7 Å². The van der Waals surface area contributed by atoms with Crippen LogP contribution in [0, 0.1) is 6.92 Å². The van der Waals surface area contributed by atoms with Crippen molar-refractivity contribution in [1.29, 1.82) is 0 Å². The zero-order valence-electron chi connectivity index (χ0n) is 14.6. The molecule has 1 amide bonds. The van der Waals surface area contributed by atoms with E-state index in [1.807, 2.05) is 49.6 Å². The lowest BCUT2D eigenvalue weighted by Gasteiger charge is -2.33. The number of aryl methyl sites for hydroxylation is 3. The van der Waals surface area contributed by atoms with Gasteiger partial charge < -0.3 is 0 Å². The van der Waals surface area contributed by atoms with Crippen molar-refractivity contribution >= 4 is 11.7 Å². The lowest BCUT2D eigenvalue weighted by molar-refractivity contribution is -0.119. The normalized spacial score (nSPS) is 15.4. The third kappa shape index (κ3) is 4.02. The van der Waals surface area contributed by atoms with Gasteiger partial charge >= 0.3 is 0 Å². The quantitative estimate of drug-likeness (QED) is 0.846. The molecule has 2 heterocycles. The van der Waals surface area contributed by atoms with Crippen LogP contribution in [0.4, 0.5) is 5.82 Å². The Bertz CT molecular complexity index is 671. The number of rotatable bonds is 5. The van der Waals surface area contributed by atoms with Crippen LogP contribution < -0.4 is 4.90 Å². The van der Waals surface area contributed by atoms with Crippen molar-refractivity contribution in [3.8, 4) is 0 Å². The van der Waals surface area contributed by atoms with Crippen molar-refractivity contribution in [2.75, 3.05) is 4.90 Å². The average molecular weight is 326 g/mol. The van der Waals surface area contributed by atoms with Gasteiger partial charge in [0.15, 0.2) is 0 Å². The van der Waals surface area contributed by atoms with Gasteiger partial charge in [-0.1, -0.05) is 25.3 Å². The summed E-state index contributed by atoms with van der Waals surface area (Å²) in [6, 6.07) is 4.30. The van der Waals surface area contributed by atoms with Crippen LogP contribution in [-0.2, 0) is 18.3 Å². The van der Waals surface area contributed by atoms with Gasteiger partial charge in [0.1, 0.15) is 5.82 Å². The van der Waals surface area contributed by atoms with Crippen molar-refractivity contribution in [2.45, 2.75) is 57.9 Å². The molecule has 0 N–H and O–H groups in total. The third-order valence-electron chi connectivity index (χ3n) is 4.74. The first-order chi connectivity index (χ1) is 11.6. The van der Waals surface area contributed by atoms with E-state index in [1.165, 1.54) is 19.3 Å². The fraction of sp³-hybridized carbons (Fsp3) is 0.526. The van der Waals surface area contributed by atoms with Gasteiger partial charge in [-0.25, -0.2) is 4.98 Å². The summed E-state index contributed by atoms with van der Waals surface area (Å²) in [5.74, 6) is 0.964. The summed E-state index contributed by atoms with van der Waals surface area (Å²) in [5, 5.41) is 4.18. The number of hydrogen-bond donors (Lipinski definition) is 0. The van der Waals surface area contributed by atoms with Crippen LogP contribution in [0.3, 0.4) is 0 Å². The molecule has 0 aliphatic heterocycles. The summed E-state index contributed by atoms with van der Waals surface area (Å²) in [6.07, 6.45) is 12.7. The lowest BCUT2D eigenvalue weighted by Crippen LogP contribution is -2.42. The molecule has 0 unspecified atom stereocenters. The summed E-state index contributed by atoms with van der Waals surface area (Å²) in [7, 11) is 1.90. The van der Waals surface area contributed by atoms with Crippen LogP contribution in [-0.4, -0.2) is 26.7 Å². The molecule has 0 saturated heterocycles. The van der Waals surface area contributed by atoms with E-state index in [2.05, 4.69) is 10.1 Å². The van der Waals surface area contributed by atoms with E-state index < -0.39 is 0 Å². The van der Waals surface area contributed by atoms with E-state index in [-0.39, 0.29) is 11.9 Å². The van der Waals surface area contributed by atoms with E-state index in [0.717, 1.165) is 36.2 Å². The van der Waals surface area contributed by atoms with Crippen LogP contribution in [0.5, 0.6) is 0 Å². The SMILES string of the molecule is Cc1ccc(N(C(=O)CCc2cnn(C)c2)C2CCCCC2)nc1. The van der Waals surface area contributed by atoms with Gasteiger partial charge in [0.25, 0.3) is 0 Å². The molecule has 5 heteroatoms. The maximum absolute atomic E-state index is 13.0. The summed E-state index contributed by atoms with van der Waals surface area (Å²) in [6.45, 7) is 2.02. The summed E-state index contributed by atoms with van der Waals surface area (Å²) >= 11 is 0. The highest BCUT2D eigenvalue weighted by Crippen LogP contribution is 2.27. The fourth-order valence-electron chi connectivity index (χ4n) is 3.43. The molecule has 24 heavy (non-hydrogen) atoms. The van der Waals surface area contributed by atoms with E-state index in [9.17, 15) is 4.79 Å². The van der Waals surface area contributed by atoms with Gasteiger partial charge in [-0.2, -0.15) is 5.10 Å². The van der Waals surface area contributed by atoms with Gasteiger partial charge in [0.05, 0.1) is 6.20 Å². The highest BCUT2D eigenvalue weighted by molar-refractivity contribution is 5.93. The highest BCUT2D eigenvalue weighted by atomic mass is 16.2. The first-order valence-electron chi connectivity index (χ1n) is 8.86. The molecule has 0 radical (unpaired) electrons. The van der Waals surface area contributed by atoms with Crippen LogP contribution in [0.25, 0.3) is 0 Å². The van der Waals surface area contributed by atoms with Gasteiger partial charge in [-0.3, -0.25) is 14.4 Å². The number of carbonyl (C=O) groups excluding carboxylic acids is 1. The molecule has 1 saturated carbocycles. The molecule has 3 rings (SSSR count). The topological polar surface area (TPSA) is 51.0 Å². The molecule has 0 spiro atoms. The Balaban J connectivity index is 1.74. The van der Waals surface area contributed by atoms with Crippen molar-refractivity contribution in [1.82, 2.24) is 14.8 Å². The Hall–Kier alpha value is -2.17. The molecule has 0 aromatic carbocycles. The van der Waals surface area contributed by atoms with E-state index in [0.29, 0.717) is 6.42 Å². The number of anilines is 1. The predicted molar refractivity (Wildman–Crippen MR) is 94.9 cm³/mol. The standard InChI is InChI=1S/C19H26N4O/c1-15-8-10-18(20-12-15)23(17-6-4-3-5-7-17)19(24)11-9-16-13-21-22(2)14-16/h8,10,12-14,17H,3-7,9,11H2,1-2H3. The van der Waals surface area contributed by atoms with Crippen LogP contribution >= 0.6 is 0 Å². The Kier molecular flexibility index (Phi) is 5.28. The van der Waals surface area contributed by atoms with Gasteiger partial charge in [0.2, 0.25) is 5.91 Å². The smallest absolute Gasteiger partial charge is 0.228 e. The third-order valence-corrected chi connectivity index (χ3v) is 4.74. The molecule has 0 bridgehead atoms. The Morgan fingerprint density at radius 3 is 2.67 bits per heavy atom. The molecule has 128 valence electrons. The molecule has 1 fully saturated rings. The zero-order valence-corrected chi connectivity index (χ0v) is 14.6. The Labute approximate surface area is 143 Å². The zero-order chi connectivity index (χ0) is 16.9. The maximum Gasteiger partial charge on any atom is 0.228 e. The van der Waals surface area contributed by atoms with Gasteiger partial charge in [0, 0.05) is 31.9 Å². The first kappa shape index (κ1) is 16.7. The van der Waals surface area contributed by atoms with Crippen molar-refractivity contribution < 1.29 is 4.79 Å². The minimum Gasteiger partial charge on any atom is -0.294 e. The number of aromatic nitrogens is 3. The Morgan fingerprint density at radius 1 is 1.25 bits per heavy atom. The number of amides is 1. The highest BCUT2D eigenvalue weighted by Gasteiger charge is 2.27. The van der Waals surface area contributed by atoms with E-state index >= 15 is 0 Å². The molecule has 1 aliphatic carbocycles. The first-order valence-corrected chi connectivity index (χ1v) is 8.86. The maximum atomic E-state index is 13.0. The number of hydrogen-bond acceptors (Lipinski definition) is 3. The average Bonchev–Trinajstić information content (AvgIpc) is 3.01. The summed E-state index contributed by atoms with van der Waals surface area (Å²) < 4.78 is 1.78.